The lowest BCUT2D eigenvalue weighted by Crippen LogP contribution is -2.40. The fourth-order valence-electron chi connectivity index (χ4n) is 3.83. The number of rotatable bonds is 1. The van der Waals surface area contributed by atoms with Gasteiger partial charge in [-0.25, -0.2) is 4.79 Å². The highest BCUT2D eigenvalue weighted by Crippen LogP contribution is 2.50. The molecule has 0 bridgehead atoms. The minimum atomic E-state index is -0.00231. The van der Waals surface area contributed by atoms with Crippen LogP contribution in [0.1, 0.15) is 42.0 Å². The molecule has 2 amide bonds. The predicted molar refractivity (Wildman–Crippen MR) is 84.5 cm³/mol. The first-order valence-electron chi connectivity index (χ1n) is 7.81. The van der Waals surface area contributed by atoms with Crippen molar-refractivity contribution in [1.29, 1.82) is 0 Å². The maximum absolute atomic E-state index is 12.0. The van der Waals surface area contributed by atoms with E-state index >= 15 is 0 Å². The van der Waals surface area contributed by atoms with E-state index in [0.717, 1.165) is 32.4 Å². The second-order valence-electron chi connectivity index (χ2n) is 6.72. The van der Waals surface area contributed by atoms with Gasteiger partial charge in [0, 0.05) is 19.5 Å². The van der Waals surface area contributed by atoms with Crippen LogP contribution in [-0.2, 0) is 5.41 Å². The second kappa shape index (κ2) is 5.34. The molecule has 1 aromatic rings. The van der Waals surface area contributed by atoms with Crippen molar-refractivity contribution in [3.8, 4) is 0 Å². The molecular formula is C17H25N3O. The highest BCUT2D eigenvalue weighted by molar-refractivity contribution is 5.74. The second-order valence-corrected chi connectivity index (χ2v) is 6.72. The molecule has 1 spiro atoms. The molecule has 2 aliphatic rings. The fraction of sp³-hybridized carbons (Fsp3) is 0.588. The minimum absolute atomic E-state index is 0.00231. The predicted octanol–water partition coefficient (Wildman–Crippen LogP) is 2.33. The van der Waals surface area contributed by atoms with Crippen LogP contribution in [0.4, 0.5) is 4.79 Å². The number of carbonyl (C=O) groups is 1. The van der Waals surface area contributed by atoms with Gasteiger partial charge in [0.2, 0.25) is 0 Å². The Labute approximate surface area is 126 Å². The van der Waals surface area contributed by atoms with Crippen LogP contribution in [0, 0.1) is 6.92 Å². The molecule has 1 aliphatic heterocycles. The summed E-state index contributed by atoms with van der Waals surface area (Å²) in [4.78, 5) is 13.7. The number of carbonyl (C=O) groups excluding carboxylic acids is 1. The van der Waals surface area contributed by atoms with Crippen molar-refractivity contribution in [2.24, 2.45) is 0 Å². The Kier molecular flexibility index (Phi) is 3.66. The summed E-state index contributed by atoms with van der Waals surface area (Å²) in [6, 6.07) is 6.85. The van der Waals surface area contributed by atoms with E-state index in [4.69, 9.17) is 0 Å². The monoisotopic (exact) mass is 287 g/mol. The number of hydrogen-bond acceptors (Lipinski definition) is 2. The molecule has 0 radical (unpaired) electrons. The average Bonchev–Trinajstić information content (AvgIpc) is 2.73. The summed E-state index contributed by atoms with van der Waals surface area (Å²) in [5, 5.41) is 6.65. The van der Waals surface area contributed by atoms with Gasteiger partial charge in [0.1, 0.15) is 0 Å². The number of nitrogens with zero attached hydrogens (tertiary/aromatic N) is 1. The lowest BCUT2D eigenvalue weighted by Gasteiger charge is -2.35. The van der Waals surface area contributed by atoms with Gasteiger partial charge < -0.3 is 15.5 Å². The molecule has 0 aromatic heterocycles. The molecule has 1 aliphatic carbocycles. The summed E-state index contributed by atoms with van der Waals surface area (Å²) < 4.78 is 0. The van der Waals surface area contributed by atoms with Crippen LogP contribution in [0.15, 0.2) is 18.2 Å². The van der Waals surface area contributed by atoms with E-state index in [-0.39, 0.29) is 17.5 Å². The maximum atomic E-state index is 12.0. The van der Waals surface area contributed by atoms with E-state index in [2.05, 4.69) is 35.8 Å². The SMILES string of the molecule is Cc1ccc2c(c1)C1(CCNCC1)C[C@H]2NC(=O)N(C)C. The molecule has 0 unspecified atom stereocenters. The Morgan fingerprint density at radius 3 is 2.71 bits per heavy atom. The Hall–Kier alpha value is -1.55. The summed E-state index contributed by atoms with van der Waals surface area (Å²) in [6.45, 7) is 4.30. The van der Waals surface area contributed by atoms with Crippen molar-refractivity contribution in [2.45, 2.75) is 37.6 Å². The van der Waals surface area contributed by atoms with Crippen molar-refractivity contribution >= 4 is 6.03 Å². The lowest BCUT2D eigenvalue weighted by atomic mass is 9.74. The van der Waals surface area contributed by atoms with Crippen LogP contribution in [0.3, 0.4) is 0 Å². The fourth-order valence-corrected chi connectivity index (χ4v) is 3.83. The van der Waals surface area contributed by atoms with Gasteiger partial charge in [0.15, 0.2) is 0 Å². The number of fused-ring (bicyclic) bond motifs is 2. The molecule has 21 heavy (non-hydrogen) atoms. The molecule has 114 valence electrons. The van der Waals surface area contributed by atoms with Crippen molar-refractivity contribution in [3.05, 3.63) is 34.9 Å². The van der Waals surface area contributed by atoms with Gasteiger partial charge in [-0.2, -0.15) is 0 Å². The smallest absolute Gasteiger partial charge is 0.317 e. The van der Waals surface area contributed by atoms with Crippen molar-refractivity contribution in [2.75, 3.05) is 27.2 Å². The lowest BCUT2D eigenvalue weighted by molar-refractivity contribution is 0.209. The summed E-state index contributed by atoms with van der Waals surface area (Å²) >= 11 is 0. The van der Waals surface area contributed by atoms with Crippen LogP contribution in [0.25, 0.3) is 0 Å². The third-order valence-corrected chi connectivity index (χ3v) is 5.01. The zero-order chi connectivity index (χ0) is 15.0. The molecular weight excluding hydrogens is 262 g/mol. The number of nitrogens with one attached hydrogen (secondary N) is 2. The third-order valence-electron chi connectivity index (χ3n) is 5.01. The quantitative estimate of drug-likeness (QED) is 0.832. The minimum Gasteiger partial charge on any atom is -0.331 e. The molecule has 4 heteroatoms. The van der Waals surface area contributed by atoms with Gasteiger partial charge in [-0.05, 0) is 50.4 Å². The van der Waals surface area contributed by atoms with Gasteiger partial charge in [-0.15, -0.1) is 0 Å². The number of hydrogen-bond donors (Lipinski definition) is 2. The molecule has 1 atom stereocenters. The van der Waals surface area contributed by atoms with Crippen molar-refractivity contribution < 1.29 is 4.79 Å². The van der Waals surface area contributed by atoms with E-state index in [9.17, 15) is 4.79 Å². The highest BCUT2D eigenvalue weighted by atomic mass is 16.2. The first-order valence-corrected chi connectivity index (χ1v) is 7.81. The van der Waals surface area contributed by atoms with Gasteiger partial charge in [0.25, 0.3) is 0 Å². The topological polar surface area (TPSA) is 44.4 Å². The zero-order valence-corrected chi connectivity index (χ0v) is 13.2. The molecule has 1 heterocycles. The third kappa shape index (κ3) is 2.53. The molecule has 4 nitrogen and oxygen atoms in total. The van der Waals surface area contributed by atoms with E-state index in [0.29, 0.717) is 0 Å². The maximum Gasteiger partial charge on any atom is 0.317 e. The van der Waals surface area contributed by atoms with E-state index in [1.165, 1.54) is 16.7 Å². The number of aryl methyl sites for hydroxylation is 1. The van der Waals surface area contributed by atoms with E-state index in [1.54, 1.807) is 19.0 Å². The summed E-state index contributed by atoms with van der Waals surface area (Å²) in [5.41, 5.74) is 4.34. The first-order chi connectivity index (χ1) is 10.0. The van der Waals surface area contributed by atoms with Crippen LogP contribution in [0.5, 0.6) is 0 Å². The number of piperidine rings is 1. The van der Waals surface area contributed by atoms with Gasteiger partial charge in [-0.3, -0.25) is 0 Å². The largest absolute Gasteiger partial charge is 0.331 e. The van der Waals surface area contributed by atoms with Gasteiger partial charge in [-0.1, -0.05) is 23.8 Å². The summed E-state index contributed by atoms with van der Waals surface area (Å²) in [5.74, 6) is 0. The standard InChI is InChI=1S/C17H25N3O/c1-12-4-5-13-14(10-12)17(6-8-18-9-7-17)11-15(13)19-16(21)20(2)3/h4-5,10,15,18H,6-9,11H2,1-3H3,(H,19,21)/t15-/m1/s1. The molecule has 3 rings (SSSR count). The Morgan fingerprint density at radius 1 is 1.33 bits per heavy atom. The normalized spacial score (nSPS) is 22.9. The van der Waals surface area contributed by atoms with E-state index < -0.39 is 0 Å². The Balaban J connectivity index is 1.94. The van der Waals surface area contributed by atoms with Gasteiger partial charge in [0.05, 0.1) is 6.04 Å². The average molecular weight is 287 g/mol. The Morgan fingerprint density at radius 2 is 2.05 bits per heavy atom. The number of benzene rings is 1. The molecule has 1 fully saturated rings. The Bertz CT molecular complexity index is 547. The molecule has 0 saturated carbocycles. The zero-order valence-electron chi connectivity index (χ0n) is 13.2. The van der Waals surface area contributed by atoms with Crippen molar-refractivity contribution in [1.82, 2.24) is 15.5 Å². The molecule has 2 N–H and O–H groups in total. The van der Waals surface area contributed by atoms with Gasteiger partial charge >= 0.3 is 6.03 Å². The summed E-state index contributed by atoms with van der Waals surface area (Å²) in [6.07, 6.45) is 3.36. The van der Waals surface area contributed by atoms with Crippen LogP contribution < -0.4 is 10.6 Å². The van der Waals surface area contributed by atoms with Crippen LogP contribution in [0.2, 0.25) is 0 Å². The van der Waals surface area contributed by atoms with Crippen molar-refractivity contribution in [3.63, 3.8) is 0 Å². The first kappa shape index (κ1) is 14.4. The number of amides is 2. The van der Waals surface area contributed by atoms with Crippen LogP contribution >= 0.6 is 0 Å². The summed E-state index contributed by atoms with van der Waals surface area (Å²) in [7, 11) is 3.58. The highest BCUT2D eigenvalue weighted by Gasteiger charge is 2.44. The van der Waals surface area contributed by atoms with E-state index in [1.807, 2.05) is 0 Å². The molecule has 1 saturated heterocycles. The van der Waals surface area contributed by atoms with Crippen LogP contribution in [-0.4, -0.2) is 38.1 Å². The number of urea groups is 1. The molecule has 1 aromatic carbocycles.